The molecule has 0 bridgehead atoms. The molecule has 0 amide bonds. The first kappa shape index (κ1) is 22.7. The van der Waals surface area contributed by atoms with Crippen molar-refractivity contribution in [2.24, 2.45) is 0 Å². The SMILES string of the molecule is Fc1cc(-c2ccc(C3CCC(OCC4CO4)CC3)cc2)ccc1-c1ccc(OCC2CO2)cc1. The zero-order valence-electron chi connectivity index (χ0n) is 19.8. The molecule has 35 heavy (non-hydrogen) atoms. The van der Waals surface area contributed by atoms with Gasteiger partial charge in [0, 0.05) is 5.56 Å². The summed E-state index contributed by atoms with van der Waals surface area (Å²) in [5, 5.41) is 0. The smallest absolute Gasteiger partial charge is 0.131 e. The van der Waals surface area contributed by atoms with Gasteiger partial charge in [0.25, 0.3) is 0 Å². The van der Waals surface area contributed by atoms with Gasteiger partial charge in [0.1, 0.15) is 30.4 Å². The van der Waals surface area contributed by atoms with Crippen molar-refractivity contribution in [3.63, 3.8) is 0 Å². The fraction of sp³-hybridized carbons (Fsp3) is 0.400. The van der Waals surface area contributed by atoms with Gasteiger partial charge in [-0.3, -0.25) is 0 Å². The van der Waals surface area contributed by atoms with E-state index in [0.717, 1.165) is 67.9 Å². The van der Waals surface area contributed by atoms with Gasteiger partial charge >= 0.3 is 0 Å². The van der Waals surface area contributed by atoms with Crippen LogP contribution in [0.15, 0.2) is 66.7 Å². The highest BCUT2D eigenvalue weighted by Gasteiger charge is 2.27. The Labute approximate surface area is 206 Å². The monoisotopic (exact) mass is 474 g/mol. The lowest BCUT2D eigenvalue weighted by Crippen LogP contribution is -2.22. The summed E-state index contributed by atoms with van der Waals surface area (Å²) in [4.78, 5) is 0. The molecule has 3 aromatic carbocycles. The minimum Gasteiger partial charge on any atom is -0.491 e. The molecule has 182 valence electrons. The third kappa shape index (κ3) is 5.75. The van der Waals surface area contributed by atoms with E-state index in [0.29, 0.717) is 30.3 Å². The predicted octanol–water partition coefficient (Wildman–Crippen LogP) is 6.38. The molecular weight excluding hydrogens is 443 g/mol. The molecule has 2 saturated heterocycles. The summed E-state index contributed by atoms with van der Waals surface area (Å²) < 4.78 is 37.1. The summed E-state index contributed by atoms with van der Waals surface area (Å²) in [5.41, 5.74) is 4.72. The molecule has 2 atom stereocenters. The number of rotatable bonds is 9. The lowest BCUT2D eigenvalue weighted by atomic mass is 9.82. The van der Waals surface area contributed by atoms with Crippen molar-refractivity contribution >= 4 is 0 Å². The van der Waals surface area contributed by atoms with Crippen molar-refractivity contribution in [2.45, 2.75) is 49.9 Å². The van der Waals surface area contributed by atoms with Crippen LogP contribution in [0.1, 0.15) is 37.2 Å². The molecule has 0 spiro atoms. The van der Waals surface area contributed by atoms with Crippen LogP contribution in [0, 0.1) is 5.82 Å². The van der Waals surface area contributed by atoms with E-state index in [9.17, 15) is 0 Å². The standard InChI is InChI=1S/C30H31FO4/c31-30-15-24(9-14-29(30)23-7-12-26(13-8-23)33-17-28-19-35-28)22-3-1-20(2-4-22)21-5-10-25(11-6-21)32-16-27-18-34-27/h1-4,7-9,12-15,21,25,27-28H,5-6,10-11,16-19H2. The first-order valence-electron chi connectivity index (χ1n) is 12.7. The minimum absolute atomic E-state index is 0.218. The van der Waals surface area contributed by atoms with E-state index in [1.165, 1.54) is 5.56 Å². The van der Waals surface area contributed by atoms with Crippen LogP contribution < -0.4 is 4.74 Å². The molecule has 2 unspecified atom stereocenters. The van der Waals surface area contributed by atoms with E-state index in [2.05, 4.69) is 24.3 Å². The van der Waals surface area contributed by atoms with Crippen LogP contribution in [0.25, 0.3) is 22.3 Å². The van der Waals surface area contributed by atoms with E-state index in [1.54, 1.807) is 6.07 Å². The van der Waals surface area contributed by atoms with Crippen molar-refractivity contribution in [1.29, 1.82) is 0 Å². The van der Waals surface area contributed by atoms with Gasteiger partial charge < -0.3 is 18.9 Å². The zero-order valence-corrected chi connectivity index (χ0v) is 19.8. The summed E-state index contributed by atoms with van der Waals surface area (Å²) in [7, 11) is 0. The third-order valence-corrected chi connectivity index (χ3v) is 7.28. The zero-order chi connectivity index (χ0) is 23.6. The minimum atomic E-state index is -0.221. The van der Waals surface area contributed by atoms with Gasteiger partial charge in [-0.05, 0) is 72.1 Å². The van der Waals surface area contributed by atoms with Crippen LogP contribution in [0.5, 0.6) is 5.75 Å². The molecule has 3 aliphatic rings. The van der Waals surface area contributed by atoms with Crippen LogP contribution in [-0.4, -0.2) is 44.7 Å². The fourth-order valence-corrected chi connectivity index (χ4v) is 4.93. The Bertz CT molecular complexity index is 1130. The first-order valence-corrected chi connectivity index (χ1v) is 12.7. The predicted molar refractivity (Wildman–Crippen MR) is 133 cm³/mol. The molecule has 0 radical (unpaired) electrons. The molecule has 5 heteroatoms. The molecule has 1 aliphatic carbocycles. The van der Waals surface area contributed by atoms with Gasteiger partial charge in [-0.2, -0.15) is 0 Å². The highest BCUT2D eigenvalue weighted by atomic mass is 19.1. The van der Waals surface area contributed by atoms with Crippen molar-refractivity contribution < 1.29 is 23.3 Å². The number of benzene rings is 3. The highest BCUT2D eigenvalue weighted by molar-refractivity contribution is 5.71. The molecular formula is C30H31FO4. The molecule has 1 saturated carbocycles. The second-order valence-corrected chi connectivity index (χ2v) is 9.87. The van der Waals surface area contributed by atoms with Crippen LogP contribution in [-0.2, 0) is 14.2 Å². The van der Waals surface area contributed by atoms with Crippen LogP contribution in [0.3, 0.4) is 0 Å². The second kappa shape index (κ2) is 10.1. The number of ether oxygens (including phenoxy) is 4. The summed E-state index contributed by atoms with van der Waals surface area (Å²) in [6.07, 6.45) is 5.44. The van der Waals surface area contributed by atoms with Crippen LogP contribution >= 0.6 is 0 Å². The van der Waals surface area contributed by atoms with Gasteiger partial charge in [-0.25, -0.2) is 4.39 Å². The Hall–Kier alpha value is -2.73. The van der Waals surface area contributed by atoms with Gasteiger partial charge in [0.05, 0.1) is 25.9 Å². The van der Waals surface area contributed by atoms with E-state index >= 15 is 4.39 Å². The van der Waals surface area contributed by atoms with Crippen LogP contribution in [0.2, 0.25) is 0 Å². The molecule has 0 N–H and O–H groups in total. The summed E-state index contributed by atoms with van der Waals surface area (Å²) >= 11 is 0. The number of hydrogen-bond acceptors (Lipinski definition) is 4. The van der Waals surface area contributed by atoms with Crippen molar-refractivity contribution in [2.75, 3.05) is 26.4 Å². The number of epoxide rings is 2. The average Bonchev–Trinajstić information content (AvgIpc) is 3.83. The Balaban J connectivity index is 1.07. The van der Waals surface area contributed by atoms with Gasteiger partial charge in [-0.1, -0.05) is 48.5 Å². The van der Waals surface area contributed by atoms with Crippen molar-refractivity contribution in [3.8, 4) is 28.0 Å². The summed E-state index contributed by atoms with van der Waals surface area (Å²) in [6.45, 7) is 2.93. The number of halogens is 1. The lowest BCUT2D eigenvalue weighted by molar-refractivity contribution is 0.0165. The largest absolute Gasteiger partial charge is 0.491 e. The van der Waals surface area contributed by atoms with Crippen molar-refractivity contribution in [1.82, 2.24) is 0 Å². The normalized spacial score (nSPS) is 25.3. The molecule has 4 nitrogen and oxygen atoms in total. The molecule has 3 fully saturated rings. The Morgan fingerprint density at radius 2 is 1.34 bits per heavy atom. The van der Waals surface area contributed by atoms with Crippen molar-refractivity contribution in [3.05, 3.63) is 78.1 Å². The maximum atomic E-state index is 15.0. The maximum absolute atomic E-state index is 15.0. The lowest BCUT2D eigenvalue weighted by Gasteiger charge is -2.28. The maximum Gasteiger partial charge on any atom is 0.131 e. The van der Waals surface area contributed by atoms with E-state index in [4.69, 9.17) is 18.9 Å². The van der Waals surface area contributed by atoms with Gasteiger partial charge in [-0.15, -0.1) is 0 Å². The van der Waals surface area contributed by atoms with Crippen LogP contribution in [0.4, 0.5) is 4.39 Å². The molecule has 3 aromatic rings. The Morgan fingerprint density at radius 1 is 0.714 bits per heavy atom. The number of hydrogen-bond donors (Lipinski definition) is 0. The third-order valence-electron chi connectivity index (χ3n) is 7.28. The average molecular weight is 475 g/mol. The second-order valence-electron chi connectivity index (χ2n) is 9.87. The fourth-order valence-electron chi connectivity index (χ4n) is 4.93. The van der Waals surface area contributed by atoms with Gasteiger partial charge in [0.15, 0.2) is 0 Å². The van der Waals surface area contributed by atoms with E-state index in [1.807, 2.05) is 36.4 Å². The highest BCUT2D eigenvalue weighted by Crippen LogP contribution is 2.36. The summed E-state index contributed by atoms with van der Waals surface area (Å²) in [5.74, 6) is 1.13. The first-order chi connectivity index (χ1) is 17.2. The van der Waals surface area contributed by atoms with E-state index in [-0.39, 0.29) is 11.9 Å². The summed E-state index contributed by atoms with van der Waals surface area (Å²) in [6, 6.07) is 21.7. The Kier molecular flexibility index (Phi) is 6.55. The topological polar surface area (TPSA) is 43.5 Å². The van der Waals surface area contributed by atoms with Gasteiger partial charge in [0.2, 0.25) is 0 Å². The quantitative estimate of drug-likeness (QED) is 0.338. The molecule has 6 rings (SSSR count). The van der Waals surface area contributed by atoms with E-state index < -0.39 is 0 Å². The molecule has 2 aliphatic heterocycles. The molecule has 0 aromatic heterocycles. The molecule has 2 heterocycles. The Morgan fingerprint density at radius 3 is 2.00 bits per heavy atom.